The van der Waals surface area contributed by atoms with Crippen LogP contribution in [0.5, 0.6) is 0 Å². The minimum Gasteiger partial charge on any atom is -0.323 e. The summed E-state index contributed by atoms with van der Waals surface area (Å²) in [6.45, 7) is 5.79. The Morgan fingerprint density at radius 2 is 2.00 bits per heavy atom. The van der Waals surface area contributed by atoms with Gasteiger partial charge in [-0.2, -0.15) is 0 Å². The van der Waals surface area contributed by atoms with E-state index in [0.29, 0.717) is 12.8 Å². The van der Waals surface area contributed by atoms with Gasteiger partial charge in [0.2, 0.25) is 5.91 Å². The van der Waals surface area contributed by atoms with Crippen LogP contribution < -0.4 is 10.6 Å². The van der Waals surface area contributed by atoms with Crippen LogP contribution in [0.2, 0.25) is 0 Å². The van der Waals surface area contributed by atoms with Crippen LogP contribution in [0.25, 0.3) is 0 Å². The summed E-state index contributed by atoms with van der Waals surface area (Å²) < 4.78 is 13.7. The molecule has 1 aromatic carbocycles. The quantitative estimate of drug-likeness (QED) is 0.813. The molecule has 2 aliphatic rings. The SMILES string of the molecule is CC1CC(C)(C)CC2(C1)NC(=O)N(CC(=O)Nc1ccccc1F)C2=O. The lowest BCUT2D eigenvalue weighted by Crippen LogP contribution is -2.54. The molecule has 2 atom stereocenters. The molecule has 1 heterocycles. The minimum atomic E-state index is -0.948. The van der Waals surface area contributed by atoms with Gasteiger partial charge in [-0.25, -0.2) is 9.18 Å². The first-order valence-electron chi connectivity index (χ1n) is 8.80. The number of amides is 4. The second-order valence-electron chi connectivity index (χ2n) is 8.29. The van der Waals surface area contributed by atoms with E-state index >= 15 is 0 Å². The number of benzene rings is 1. The van der Waals surface area contributed by atoms with E-state index in [4.69, 9.17) is 0 Å². The molecule has 0 radical (unpaired) electrons. The molecule has 2 unspecified atom stereocenters. The predicted molar refractivity (Wildman–Crippen MR) is 94.8 cm³/mol. The molecular weight excluding hydrogens is 337 g/mol. The van der Waals surface area contributed by atoms with E-state index in [1.807, 2.05) is 0 Å². The first-order chi connectivity index (χ1) is 12.1. The van der Waals surface area contributed by atoms with E-state index in [-0.39, 0.29) is 22.9 Å². The second-order valence-corrected chi connectivity index (χ2v) is 8.29. The third kappa shape index (κ3) is 3.43. The zero-order chi connectivity index (χ0) is 19.1. The summed E-state index contributed by atoms with van der Waals surface area (Å²) >= 11 is 0. The third-order valence-corrected chi connectivity index (χ3v) is 5.07. The van der Waals surface area contributed by atoms with Crippen molar-refractivity contribution in [2.45, 2.75) is 45.6 Å². The van der Waals surface area contributed by atoms with Crippen molar-refractivity contribution in [2.24, 2.45) is 11.3 Å². The van der Waals surface area contributed by atoms with Crippen molar-refractivity contribution in [3.05, 3.63) is 30.1 Å². The Hall–Kier alpha value is -2.44. The molecule has 1 aliphatic carbocycles. The summed E-state index contributed by atoms with van der Waals surface area (Å²) in [6.07, 6.45) is 2.08. The van der Waals surface area contributed by atoms with Gasteiger partial charge in [-0.1, -0.05) is 32.9 Å². The highest BCUT2D eigenvalue weighted by molar-refractivity contribution is 6.10. The Balaban J connectivity index is 1.73. The summed E-state index contributed by atoms with van der Waals surface area (Å²) in [4.78, 5) is 38.5. The van der Waals surface area contributed by atoms with Crippen molar-refractivity contribution in [1.82, 2.24) is 10.2 Å². The maximum absolute atomic E-state index is 13.7. The fraction of sp³-hybridized carbons (Fsp3) is 0.526. The van der Waals surface area contributed by atoms with Gasteiger partial charge in [-0.05, 0) is 42.7 Å². The number of nitrogens with zero attached hydrogens (tertiary/aromatic N) is 1. The number of hydrogen-bond acceptors (Lipinski definition) is 3. The standard InChI is InChI=1S/C19H24FN3O3/c1-12-8-18(2,3)11-19(9-12)16(25)23(17(26)22-19)10-15(24)21-14-7-5-4-6-13(14)20/h4-7,12H,8-11H2,1-3H3,(H,21,24)(H,22,26). The van der Waals surface area contributed by atoms with Crippen LogP contribution in [0, 0.1) is 17.2 Å². The molecule has 1 saturated heterocycles. The summed E-state index contributed by atoms with van der Waals surface area (Å²) in [5.74, 6) is -1.27. The molecule has 1 spiro atoms. The van der Waals surface area contributed by atoms with Crippen LogP contribution in [0.1, 0.15) is 40.0 Å². The van der Waals surface area contributed by atoms with Gasteiger partial charge in [0.25, 0.3) is 5.91 Å². The molecule has 6 nitrogen and oxygen atoms in total. The molecule has 0 aromatic heterocycles. The summed E-state index contributed by atoms with van der Waals surface area (Å²) in [5.41, 5.74) is -1.01. The molecule has 26 heavy (non-hydrogen) atoms. The molecular formula is C19H24FN3O3. The van der Waals surface area contributed by atoms with Crippen LogP contribution in [0.15, 0.2) is 24.3 Å². The topological polar surface area (TPSA) is 78.5 Å². The lowest BCUT2D eigenvalue weighted by atomic mass is 9.64. The normalized spacial score (nSPS) is 27.5. The largest absolute Gasteiger partial charge is 0.325 e. The Labute approximate surface area is 152 Å². The van der Waals surface area contributed by atoms with E-state index < -0.39 is 29.8 Å². The number of nitrogens with one attached hydrogen (secondary N) is 2. The molecule has 7 heteroatoms. The summed E-state index contributed by atoms with van der Waals surface area (Å²) in [6, 6.07) is 5.18. The van der Waals surface area contributed by atoms with Gasteiger partial charge in [0, 0.05) is 0 Å². The minimum absolute atomic E-state index is 0.0201. The number of anilines is 1. The second kappa shape index (κ2) is 6.37. The first kappa shape index (κ1) is 18.4. The molecule has 4 amide bonds. The first-order valence-corrected chi connectivity index (χ1v) is 8.80. The van der Waals surface area contributed by atoms with Gasteiger partial charge in [-0.15, -0.1) is 0 Å². The van der Waals surface area contributed by atoms with E-state index in [9.17, 15) is 18.8 Å². The van der Waals surface area contributed by atoms with Crippen molar-refractivity contribution in [3.8, 4) is 0 Å². The van der Waals surface area contributed by atoms with Gasteiger partial charge in [-0.3, -0.25) is 14.5 Å². The average Bonchev–Trinajstić information content (AvgIpc) is 2.71. The number of rotatable bonds is 3. The van der Waals surface area contributed by atoms with Gasteiger partial charge < -0.3 is 10.6 Å². The Morgan fingerprint density at radius 3 is 2.65 bits per heavy atom. The number of halogens is 1. The lowest BCUT2D eigenvalue weighted by Gasteiger charge is -2.43. The van der Waals surface area contributed by atoms with Gasteiger partial charge in [0.1, 0.15) is 17.9 Å². The fourth-order valence-electron chi connectivity index (χ4n) is 4.55. The van der Waals surface area contributed by atoms with Crippen LogP contribution in [-0.2, 0) is 9.59 Å². The Morgan fingerprint density at radius 1 is 1.31 bits per heavy atom. The summed E-state index contributed by atoms with van der Waals surface area (Å²) in [7, 11) is 0. The monoisotopic (exact) mass is 361 g/mol. The summed E-state index contributed by atoms with van der Waals surface area (Å²) in [5, 5.41) is 5.23. The molecule has 1 saturated carbocycles. The number of carbonyl (C=O) groups excluding carboxylic acids is 3. The fourth-order valence-corrected chi connectivity index (χ4v) is 4.55. The molecule has 2 fully saturated rings. The van der Waals surface area contributed by atoms with Crippen LogP contribution in [0.4, 0.5) is 14.9 Å². The van der Waals surface area contributed by atoms with E-state index in [1.54, 1.807) is 6.07 Å². The van der Waals surface area contributed by atoms with Gasteiger partial charge >= 0.3 is 6.03 Å². The molecule has 3 rings (SSSR count). The molecule has 1 aromatic rings. The predicted octanol–water partition coefficient (Wildman–Crippen LogP) is 2.90. The smallest absolute Gasteiger partial charge is 0.323 e. The maximum Gasteiger partial charge on any atom is 0.325 e. The number of para-hydroxylation sites is 1. The molecule has 2 N–H and O–H groups in total. The van der Waals surface area contributed by atoms with Gasteiger partial charge in [0.05, 0.1) is 5.69 Å². The Bertz CT molecular complexity index is 764. The van der Waals surface area contributed by atoms with Crippen molar-refractivity contribution in [3.63, 3.8) is 0 Å². The number of urea groups is 1. The zero-order valence-corrected chi connectivity index (χ0v) is 15.3. The zero-order valence-electron chi connectivity index (χ0n) is 15.3. The highest BCUT2D eigenvalue weighted by Gasteiger charge is 2.56. The molecule has 140 valence electrons. The van der Waals surface area contributed by atoms with Gasteiger partial charge in [0.15, 0.2) is 0 Å². The van der Waals surface area contributed by atoms with Crippen LogP contribution >= 0.6 is 0 Å². The average molecular weight is 361 g/mol. The van der Waals surface area contributed by atoms with Crippen molar-refractivity contribution >= 4 is 23.5 Å². The van der Waals surface area contributed by atoms with E-state index in [1.165, 1.54) is 18.2 Å². The maximum atomic E-state index is 13.7. The third-order valence-electron chi connectivity index (χ3n) is 5.07. The van der Waals surface area contributed by atoms with Crippen LogP contribution in [-0.4, -0.2) is 34.8 Å². The van der Waals surface area contributed by atoms with Crippen molar-refractivity contribution in [1.29, 1.82) is 0 Å². The lowest BCUT2D eigenvalue weighted by molar-refractivity contribution is -0.136. The highest BCUT2D eigenvalue weighted by atomic mass is 19.1. The van der Waals surface area contributed by atoms with Crippen molar-refractivity contribution in [2.75, 3.05) is 11.9 Å². The van der Waals surface area contributed by atoms with E-state index in [2.05, 4.69) is 31.4 Å². The van der Waals surface area contributed by atoms with Crippen LogP contribution in [0.3, 0.4) is 0 Å². The Kier molecular flexibility index (Phi) is 4.50. The highest BCUT2D eigenvalue weighted by Crippen LogP contribution is 2.46. The van der Waals surface area contributed by atoms with E-state index in [0.717, 1.165) is 11.3 Å². The van der Waals surface area contributed by atoms with Crippen molar-refractivity contribution < 1.29 is 18.8 Å². The number of imide groups is 1. The molecule has 0 bridgehead atoms. The number of carbonyl (C=O) groups is 3. The molecule has 1 aliphatic heterocycles. The number of hydrogen-bond donors (Lipinski definition) is 2.